The molecule has 3 heterocycles. The van der Waals surface area contributed by atoms with Crippen molar-refractivity contribution >= 4 is 29.1 Å². The minimum atomic E-state index is -0.854. The highest BCUT2D eigenvalue weighted by atomic mass is 35.5. The van der Waals surface area contributed by atoms with E-state index in [1.807, 2.05) is 0 Å². The van der Waals surface area contributed by atoms with Gasteiger partial charge < -0.3 is 21.1 Å². The van der Waals surface area contributed by atoms with Crippen LogP contribution in [0.1, 0.15) is 50.2 Å². The smallest absolute Gasteiger partial charge is 0.222 e. The van der Waals surface area contributed by atoms with Crippen LogP contribution >= 0.6 is 11.6 Å². The summed E-state index contributed by atoms with van der Waals surface area (Å²) < 4.78 is 0. The molecule has 0 bridgehead atoms. The maximum atomic E-state index is 10.6. The highest BCUT2D eigenvalue weighted by Gasteiger charge is 2.51. The summed E-state index contributed by atoms with van der Waals surface area (Å²) >= 11 is 6.51. The molecule has 4 N–H and O–H groups in total. The van der Waals surface area contributed by atoms with Crippen molar-refractivity contribution in [3.8, 4) is 11.8 Å². The fourth-order valence-electron chi connectivity index (χ4n) is 5.32. The van der Waals surface area contributed by atoms with Gasteiger partial charge in [-0.3, -0.25) is 0 Å². The maximum absolute atomic E-state index is 10.6. The van der Waals surface area contributed by atoms with Crippen LogP contribution in [0.2, 0.25) is 5.02 Å². The van der Waals surface area contributed by atoms with E-state index >= 15 is 0 Å². The lowest BCUT2D eigenvalue weighted by atomic mass is 9.76. The van der Waals surface area contributed by atoms with E-state index < -0.39 is 5.60 Å². The molecule has 0 radical (unpaired) electrons. The Kier molecular flexibility index (Phi) is 4.66. The molecule has 2 aromatic rings. The third kappa shape index (κ3) is 3.04. The molecule has 5 rings (SSSR count). The van der Waals surface area contributed by atoms with E-state index in [0.29, 0.717) is 10.8 Å². The zero-order valence-electron chi connectivity index (χ0n) is 17.1. The largest absolute Gasteiger partial charge is 0.378 e. The van der Waals surface area contributed by atoms with Gasteiger partial charge >= 0.3 is 0 Å². The molecule has 2 aliphatic heterocycles. The molecule has 1 spiro atoms. The average molecular weight is 424 g/mol. The Morgan fingerprint density at radius 3 is 2.83 bits per heavy atom. The number of halogens is 1. The van der Waals surface area contributed by atoms with Crippen molar-refractivity contribution < 1.29 is 5.11 Å². The van der Waals surface area contributed by atoms with Crippen LogP contribution < -0.4 is 16.0 Å². The molecule has 0 amide bonds. The summed E-state index contributed by atoms with van der Waals surface area (Å²) in [4.78, 5) is 10.7. The van der Waals surface area contributed by atoms with Gasteiger partial charge in [-0.1, -0.05) is 29.5 Å². The zero-order chi connectivity index (χ0) is 20.9. The molecule has 156 valence electrons. The summed E-state index contributed by atoms with van der Waals surface area (Å²) in [6.45, 7) is 4.10. The van der Waals surface area contributed by atoms with Gasteiger partial charge in [-0.2, -0.15) is 4.98 Å². The van der Waals surface area contributed by atoms with Crippen molar-refractivity contribution in [3.05, 3.63) is 40.5 Å². The fraction of sp³-hybridized carbons (Fsp3) is 0.478. The lowest BCUT2D eigenvalue weighted by Gasteiger charge is -2.33. The molecule has 2 fully saturated rings. The summed E-state index contributed by atoms with van der Waals surface area (Å²) in [5.41, 5.74) is 8.23. The highest BCUT2D eigenvalue weighted by Crippen LogP contribution is 2.52. The fourth-order valence-corrected chi connectivity index (χ4v) is 5.50. The first kappa shape index (κ1) is 19.6. The van der Waals surface area contributed by atoms with E-state index in [1.54, 1.807) is 6.20 Å². The molecule has 1 aromatic carbocycles. The van der Waals surface area contributed by atoms with Gasteiger partial charge in [0, 0.05) is 29.3 Å². The number of hydrogen-bond acceptors (Lipinski definition) is 6. The van der Waals surface area contributed by atoms with E-state index in [-0.39, 0.29) is 17.4 Å². The SMILES string of the molecule is C[C@H]1N(c2nc(N)ncc2Cl)c2cc(C#CC3(O)CCCC3)ccc2[C@]12CCNC2. The van der Waals surface area contributed by atoms with E-state index in [1.165, 1.54) is 5.56 Å². The summed E-state index contributed by atoms with van der Waals surface area (Å²) in [7, 11) is 0. The molecule has 1 saturated carbocycles. The van der Waals surface area contributed by atoms with Crippen LogP contribution in [0.3, 0.4) is 0 Å². The Balaban J connectivity index is 1.62. The van der Waals surface area contributed by atoms with E-state index in [0.717, 1.165) is 56.4 Å². The van der Waals surface area contributed by atoms with Gasteiger partial charge in [0.1, 0.15) is 10.6 Å². The lowest BCUT2D eigenvalue weighted by Crippen LogP contribution is -2.42. The normalized spacial score (nSPS) is 26.6. The molecule has 7 heteroatoms. The summed E-state index contributed by atoms with van der Waals surface area (Å²) in [5, 5.41) is 14.6. The number of nitrogens with zero attached hydrogens (tertiary/aromatic N) is 3. The van der Waals surface area contributed by atoms with Crippen LogP contribution in [-0.2, 0) is 5.41 Å². The Morgan fingerprint density at radius 2 is 2.10 bits per heavy atom. The number of fused-ring (bicyclic) bond motifs is 2. The summed E-state index contributed by atoms with van der Waals surface area (Å²) in [6.07, 6.45) is 6.16. The van der Waals surface area contributed by atoms with E-state index in [4.69, 9.17) is 17.3 Å². The van der Waals surface area contributed by atoms with Crippen LogP contribution in [0, 0.1) is 11.8 Å². The van der Waals surface area contributed by atoms with Crippen molar-refractivity contribution in [1.82, 2.24) is 15.3 Å². The first-order chi connectivity index (χ1) is 14.4. The molecule has 30 heavy (non-hydrogen) atoms. The van der Waals surface area contributed by atoms with Crippen LogP contribution in [0.5, 0.6) is 0 Å². The predicted octanol–water partition coefficient (Wildman–Crippen LogP) is 3.14. The molecule has 1 saturated heterocycles. The number of nitrogen functional groups attached to an aromatic ring is 1. The van der Waals surface area contributed by atoms with Gasteiger partial charge in [-0.05, 0) is 63.3 Å². The van der Waals surface area contributed by atoms with Gasteiger partial charge in [-0.15, -0.1) is 0 Å². The third-order valence-corrected chi connectivity index (χ3v) is 7.28. The number of hydrogen-bond donors (Lipinski definition) is 3. The van der Waals surface area contributed by atoms with Crippen LogP contribution in [-0.4, -0.2) is 39.8 Å². The average Bonchev–Trinajstić information content (AvgIpc) is 3.44. The lowest BCUT2D eigenvalue weighted by molar-refractivity contribution is 0.110. The van der Waals surface area contributed by atoms with E-state index in [2.05, 4.69) is 57.1 Å². The molecule has 0 unspecified atom stereocenters. The van der Waals surface area contributed by atoms with Crippen molar-refractivity contribution in [2.45, 2.75) is 56.1 Å². The molecule has 1 aliphatic carbocycles. The molecular weight excluding hydrogens is 398 g/mol. The highest BCUT2D eigenvalue weighted by molar-refractivity contribution is 6.33. The number of nitrogens with two attached hydrogens (primary N) is 1. The minimum absolute atomic E-state index is 0.0199. The topological polar surface area (TPSA) is 87.3 Å². The Morgan fingerprint density at radius 1 is 1.30 bits per heavy atom. The van der Waals surface area contributed by atoms with Crippen LogP contribution in [0.25, 0.3) is 0 Å². The standard InChI is InChI=1S/C23H26ClN5O/c1-15-23(10-11-26-14-23)17-5-4-16(6-9-22(30)7-2-3-8-22)12-19(17)29(15)20-18(24)13-27-21(25)28-20/h4-5,12-13,15,26,30H,2-3,7-8,10-11,14H2,1H3,(H2,25,27,28)/t15-,23+/m1/s1. The zero-order valence-corrected chi connectivity index (χ0v) is 17.8. The number of aliphatic hydroxyl groups is 1. The second-order valence-electron chi connectivity index (χ2n) is 8.75. The van der Waals surface area contributed by atoms with Gasteiger partial charge in [0.2, 0.25) is 5.95 Å². The molecule has 3 aliphatic rings. The van der Waals surface area contributed by atoms with Gasteiger partial charge in [0.05, 0.1) is 6.20 Å². The van der Waals surface area contributed by atoms with Gasteiger partial charge in [0.15, 0.2) is 5.82 Å². The maximum Gasteiger partial charge on any atom is 0.222 e. The van der Waals surface area contributed by atoms with Crippen LogP contribution in [0.4, 0.5) is 17.5 Å². The summed E-state index contributed by atoms with van der Waals surface area (Å²) in [5.74, 6) is 7.16. The molecular formula is C23H26ClN5O. The number of nitrogens with one attached hydrogen (secondary N) is 1. The van der Waals surface area contributed by atoms with Crippen LogP contribution in [0.15, 0.2) is 24.4 Å². The number of benzene rings is 1. The molecule has 1 aromatic heterocycles. The number of rotatable bonds is 1. The van der Waals surface area contributed by atoms with Crippen molar-refractivity contribution in [3.63, 3.8) is 0 Å². The number of anilines is 3. The second-order valence-corrected chi connectivity index (χ2v) is 9.16. The van der Waals surface area contributed by atoms with Crippen molar-refractivity contribution in [2.75, 3.05) is 23.7 Å². The first-order valence-electron chi connectivity index (χ1n) is 10.6. The predicted molar refractivity (Wildman–Crippen MR) is 119 cm³/mol. The Bertz CT molecular complexity index is 1050. The Labute approximate surface area is 181 Å². The van der Waals surface area contributed by atoms with Gasteiger partial charge in [0.25, 0.3) is 0 Å². The van der Waals surface area contributed by atoms with E-state index in [9.17, 15) is 5.11 Å². The van der Waals surface area contributed by atoms with Crippen molar-refractivity contribution in [2.24, 2.45) is 0 Å². The second kappa shape index (κ2) is 7.12. The Hall–Kier alpha value is -2.33. The van der Waals surface area contributed by atoms with Crippen molar-refractivity contribution in [1.29, 1.82) is 0 Å². The number of aromatic nitrogens is 2. The summed E-state index contributed by atoms with van der Waals surface area (Å²) in [6, 6.07) is 6.49. The minimum Gasteiger partial charge on any atom is -0.378 e. The first-order valence-corrected chi connectivity index (χ1v) is 11.0. The quantitative estimate of drug-likeness (QED) is 0.611. The third-order valence-electron chi connectivity index (χ3n) is 7.01. The molecule has 2 atom stereocenters. The van der Waals surface area contributed by atoms with Gasteiger partial charge in [-0.25, -0.2) is 4.98 Å². The molecule has 6 nitrogen and oxygen atoms in total. The monoisotopic (exact) mass is 423 g/mol.